The third-order valence-corrected chi connectivity index (χ3v) is 4.28. The molecule has 0 saturated carbocycles. The van der Waals surface area contributed by atoms with Crippen molar-refractivity contribution in [2.45, 2.75) is 20.0 Å². The van der Waals surface area contributed by atoms with Gasteiger partial charge in [0.1, 0.15) is 0 Å². The maximum atomic E-state index is 12.8. The molecule has 0 fully saturated rings. The molecule has 2 rings (SSSR count). The number of methoxy groups -OCH3 is 3. The normalized spacial score (nSPS) is 10.2. The number of benzene rings is 2. The fourth-order valence-corrected chi connectivity index (χ4v) is 2.83. The third kappa shape index (κ3) is 4.94. The minimum absolute atomic E-state index is 0.0937. The zero-order valence-electron chi connectivity index (χ0n) is 16.9. The summed E-state index contributed by atoms with van der Waals surface area (Å²) in [6, 6.07) is 10.8. The number of carbonyl (C=O) groups is 2. The highest BCUT2D eigenvalue weighted by Gasteiger charge is 2.19. The molecule has 0 aliphatic heterocycles. The Labute approximate surface area is 165 Å². The van der Waals surface area contributed by atoms with E-state index in [4.69, 9.17) is 14.2 Å². The van der Waals surface area contributed by atoms with Gasteiger partial charge in [0.25, 0.3) is 5.91 Å². The molecule has 2 aromatic carbocycles. The van der Waals surface area contributed by atoms with Crippen molar-refractivity contribution in [1.29, 1.82) is 0 Å². The van der Waals surface area contributed by atoms with Gasteiger partial charge in [-0.15, -0.1) is 0 Å². The Morgan fingerprint density at radius 1 is 0.929 bits per heavy atom. The summed E-state index contributed by atoms with van der Waals surface area (Å²) in [7, 11) is 6.38. The smallest absolute Gasteiger partial charge is 0.253 e. The maximum absolute atomic E-state index is 12.8. The van der Waals surface area contributed by atoms with Gasteiger partial charge in [0, 0.05) is 38.2 Å². The zero-order valence-corrected chi connectivity index (χ0v) is 16.9. The summed E-state index contributed by atoms with van der Waals surface area (Å²) >= 11 is 0. The largest absolute Gasteiger partial charge is 0.493 e. The Morgan fingerprint density at radius 3 is 2.11 bits per heavy atom. The van der Waals surface area contributed by atoms with Crippen molar-refractivity contribution in [1.82, 2.24) is 10.2 Å². The summed E-state index contributed by atoms with van der Waals surface area (Å²) < 4.78 is 16.2. The quantitative estimate of drug-likeness (QED) is 0.755. The molecule has 7 nitrogen and oxygen atoms in total. The maximum Gasteiger partial charge on any atom is 0.253 e. The van der Waals surface area contributed by atoms with Crippen LogP contribution in [-0.4, -0.2) is 45.1 Å². The topological polar surface area (TPSA) is 77.1 Å². The van der Waals surface area contributed by atoms with Gasteiger partial charge in [0.05, 0.1) is 21.3 Å². The van der Waals surface area contributed by atoms with Gasteiger partial charge in [0.2, 0.25) is 11.7 Å². The predicted molar refractivity (Wildman–Crippen MR) is 106 cm³/mol. The fraction of sp³-hybridized carbons (Fsp3) is 0.333. The fourth-order valence-electron chi connectivity index (χ4n) is 2.83. The second-order valence-corrected chi connectivity index (χ2v) is 6.26. The van der Waals surface area contributed by atoms with Gasteiger partial charge in [-0.05, 0) is 29.8 Å². The molecule has 7 heteroatoms. The molecule has 0 atom stereocenters. The standard InChI is InChI=1S/C21H26N2O5/c1-14(24)22-12-15-6-8-16(9-7-15)21(25)23(2)13-17-10-11-18(26-3)20(28-5)19(17)27-4/h6-11H,12-13H2,1-5H3,(H,22,24). The number of nitrogens with one attached hydrogen (secondary N) is 1. The van der Waals surface area contributed by atoms with Crippen LogP contribution in [0.2, 0.25) is 0 Å². The van der Waals surface area contributed by atoms with Crippen LogP contribution in [0.4, 0.5) is 0 Å². The summed E-state index contributed by atoms with van der Waals surface area (Å²) in [6.45, 7) is 2.24. The first kappa shape index (κ1) is 21.1. The lowest BCUT2D eigenvalue weighted by molar-refractivity contribution is -0.119. The van der Waals surface area contributed by atoms with Crippen LogP contribution in [0.25, 0.3) is 0 Å². The zero-order chi connectivity index (χ0) is 20.7. The van der Waals surface area contributed by atoms with Crippen LogP contribution in [0.1, 0.15) is 28.4 Å². The monoisotopic (exact) mass is 386 g/mol. The lowest BCUT2D eigenvalue weighted by Crippen LogP contribution is -2.26. The lowest BCUT2D eigenvalue weighted by Gasteiger charge is -2.21. The molecule has 0 spiro atoms. The van der Waals surface area contributed by atoms with Crippen LogP contribution in [0.3, 0.4) is 0 Å². The molecule has 1 N–H and O–H groups in total. The number of ether oxygens (including phenoxy) is 3. The van der Waals surface area contributed by atoms with E-state index in [0.717, 1.165) is 11.1 Å². The molecule has 0 radical (unpaired) electrons. The van der Waals surface area contributed by atoms with Gasteiger partial charge in [-0.25, -0.2) is 0 Å². The van der Waals surface area contributed by atoms with E-state index in [1.807, 2.05) is 18.2 Å². The molecular weight excluding hydrogens is 360 g/mol. The van der Waals surface area contributed by atoms with Crippen molar-refractivity contribution in [2.75, 3.05) is 28.4 Å². The SMILES string of the molecule is COc1ccc(CN(C)C(=O)c2ccc(CNC(C)=O)cc2)c(OC)c1OC. The number of amides is 2. The van der Waals surface area contributed by atoms with Gasteiger partial charge in [-0.2, -0.15) is 0 Å². The first-order valence-electron chi connectivity index (χ1n) is 8.78. The summed E-state index contributed by atoms with van der Waals surface area (Å²) in [5.41, 5.74) is 2.29. The molecule has 0 aliphatic carbocycles. The summed E-state index contributed by atoms with van der Waals surface area (Å²) in [5, 5.41) is 2.73. The molecule has 0 heterocycles. The van der Waals surface area contributed by atoms with Crippen LogP contribution in [0, 0.1) is 0 Å². The number of nitrogens with zero attached hydrogens (tertiary/aromatic N) is 1. The second-order valence-electron chi connectivity index (χ2n) is 6.26. The van der Waals surface area contributed by atoms with Crippen LogP contribution in [-0.2, 0) is 17.9 Å². The first-order valence-corrected chi connectivity index (χ1v) is 8.78. The number of hydrogen-bond donors (Lipinski definition) is 1. The van der Waals surface area contributed by atoms with E-state index in [-0.39, 0.29) is 11.8 Å². The van der Waals surface area contributed by atoms with Crippen LogP contribution in [0.5, 0.6) is 17.2 Å². The average molecular weight is 386 g/mol. The van der Waals surface area contributed by atoms with Crippen molar-refractivity contribution in [3.05, 3.63) is 53.1 Å². The Morgan fingerprint density at radius 2 is 1.57 bits per heavy atom. The van der Waals surface area contributed by atoms with E-state index in [9.17, 15) is 9.59 Å². The van der Waals surface area contributed by atoms with E-state index < -0.39 is 0 Å². The molecule has 0 aromatic heterocycles. The predicted octanol–water partition coefficient (Wildman–Crippen LogP) is 2.62. The molecule has 2 aromatic rings. The average Bonchev–Trinajstić information content (AvgIpc) is 2.71. The van der Waals surface area contributed by atoms with Crippen LogP contribution in [0.15, 0.2) is 36.4 Å². The molecule has 0 bridgehead atoms. The molecule has 2 amide bonds. The number of hydrogen-bond acceptors (Lipinski definition) is 5. The Bertz CT molecular complexity index is 833. The second kappa shape index (κ2) is 9.64. The van der Waals surface area contributed by atoms with E-state index >= 15 is 0 Å². The highest BCUT2D eigenvalue weighted by molar-refractivity contribution is 5.94. The molecule has 0 aliphatic rings. The third-order valence-electron chi connectivity index (χ3n) is 4.28. The van der Waals surface area contributed by atoms with Crippen molar-refractivity contribution in [3.63, 3.8) is 0 Å². The number of rotatable bonds is 8. The van der Waals surface area contributed by atoms with Gasteiger partial charge in [-0.3, -0.25) is 9.59 Å². The van der Waals surface area contributed by atoms with Crippen molar-refractivity contribution in [3.8, 4) is 17.2 Å². The summed E-state index contributed by atoms with van der Waals surface area (Å²) in [5.74, 6) is 1.37. The lowest BCUT2D eigenvalue weighted by atomic mass is 10.1. The Balaban J connectivity index is 2.15. The van der Waals surface area contributed by atoms with E-state index in [1.165, 1.54) is 6.92 Å². The molecule has 28 heavy (non-hydrogen) atoms. The van der Waals surface area contributed by atoms with Crippen molar-refractivity contribution >= 4 is 11.8 Å². The van der Waals surface area contributed by atoms with E-state index in [1.54, 1.807) is 51.5 Å². The molecule has 150 valence electrons. The van der Waals surface area contributed by atoms with Crippen molar-refractivity contribution in [2.24, 2.45) is 0 Å². The molecular formula is C21H26N2O5. The number of carbonyl (C=O) groups excluding carboxylic acids is 2. The van der Waals surface area contributed by atoms with Gasteiger partial charge in [0.15, 0.2) is 11.5 Å². The van der Waals surface area contributed by atoms with E-state index in [2.05, 4.69) is 5.32 Å². The minimum Gasteiger partial charge on any atom is -0.493 e. The Kier molecular flexibility index (Phi) is 7.26. The van der Waals surface area contributed by atoms with Gasteiger partial charge in [-0.1, -0.05) is 12.1 Å². The van der Waals surface area contributed by atoms with Crippen LogP contribution < -0.4 is 19.5 Å². The Hall–Kier alpha value is -3.22. The highest BCUT2D eigenvalue weighted by Crippen LogP contribution is 2.40. The van der Waals surface area contributed by atoms with Gasteiger partial charge >= 0.3 is 0 Å². The molecule has 0 unspecified atom stereocenters. The summed E-state index contributed by atoms with van der Waals surface area (Å²) in [6.07, 6.45) is 0. The summed E-state index contributed by atoms with van der Waals surface area (Å²) in [4.78, 5) is 25.4. The van der Waals surface area contributed by atoms with E-state index in [0.29, 0.717) is 35.9 Å². The van der Waals surface area contributed by atoms with Crippen LogP contribution >= 0.6 is 0 Å². The first-order chi connectivity index (χ1) is 13.4. The highest BCUT2D eigenvalue weighted by atomic mass is 16.5. The van der Waals surface area contributed by atoms with Crippen molar-refractivity contribution < 1.29 is 23.8 Å². The molecule has 0 saturated heterocycles. The minimum atomic E-state index is -0.122. The van der Waals surface area contributed by atoms with Gasteiger partial charge < -0.3 is 24.4 Å².